The Labute approximate surface area is 185 Å². The van der Waals surface area contributed by atoms with E-state index in [1.807, 2.05) is 30.3 Å². The predicted octanol–water partition coefficient (Wildman–Crippen LogP) is 5.93. The van der Waals surface area contributed by atoms with Crippen molar-refractivity contribution < 1.29 is 14.3 Å². The molecule has 1 amide bonds. The number of amides is 1. The number of carbonyl (C=O) groups is 1. The van der Waals surface area contributed by atoms with Crippen LogP contribution in [0.15, 0.2) is 47.5 Å². The Balaban J connectivity index is 1.75. The standard InChI is InChI=1S/C26H34N2O3/c1-4-6-8-16-27-26(29)31-22-12-10-19(11-13-22)25-24-15-14-23(30-3)18-20(24)17-21(28-25)9-7-5-2/h10-15,18,21H,4-9,16-17H2,1-3H3,(H,27,29)/t21-/m0/s1. The van der Waals surface area contributed by atoms with E-state index in [0.29, 0.717) is 12.3 Å². The molecular formula is C26H34N2O3. The largest absolute Gasteiger partial charge is 0.497 e. The van der Waals surface area contributed by atoms with Gasteiger partial charge in [0.15, 0.2) is 0 Å². The number of carbonyl (C=O) groups excluding carboxylic acids is 1. The van der Waals surface area contributed by atoms with Gasteiger partial charge in [-0.05, 0) is 67.3 Å². The number of fused-ring (bicyclic) bond motifs is 1. The zero-order valence-corrected chi connectivity index (χ0v) is 18.9. The summed E-state index contributed by atoms with van der Waals surface area (Å²) in [6, 6.07) is 14.1. The van der Waals surface area contributed by atoms with Crippen LogP contribution < -0.4 is 14.8 Å². The molecule has 5 heteroatoms. The summed E-state index contributed by atoms with van der Waals surface area (Å²) in [5, 5.41) is 2.80. The first-order valence-electron chi connectivity index (χ1n) is 11.5. The summed E-state index contributed by atoms with van der Waals surface area (Å²) in [5.41, 5.74) is 4.46. The summed E-state index contributed by atoms with van der Waals surface area (Å²) in [7, 11) is 1.70. The fourth-order valence-corrected chi connectivity index (χ4v) is 3.87. The molecule has 0 radical (unpaired) electrons. The zero-order valence-electron chi connectivity index (χ0n) is 18.9. The normalized spacial score (nSPS) is 15.1. The second kappa shape index (κ2) is 11.5. The third-order valence-electron chi connectivity index (χ3n) is 5.61. The maximum absolute atomic E-state index is 12.0. The molecule has 0 bridgehead atoms. The van der Waals surface area contributed by atoms with Crippen molar-refractivity contribution in [2.24, 2.45) is 4.99 Å². The predicted molar refractivity (Wildman–Crippen MR) is 126 cm³/mol. The molecule has 0 aliphatic carbocycles. The van der Waals surface area contributed by atoms with E-state index in [0.717, 1.165) is 54.7 Å². The number of aliphatic imine (C=N–C) groups is 1. The molecule has 31 heavy (non-hydrogen) atoms. The lowest BCUT2D eigenvalue weighted by Crippen LogP contribution is -2.27. The van der Waals surface area contributed by atoms with Gasteiger partial charge in [0.05, 0.1) is 18.9 Å². The van der Waals surface area contributed by atoms with E-state index >= 15 is 0 Å². The highest BCUT2D eigenvalue weighted by atomic mass is 16.6. The van der Waals surface area contributed by atoms with E-state index in [2.05, 4.69) is 31.3 Å². The Morgan fingerprint density at radius 1 is 1.03 bits per heavy atom. The minimum absolute atomic E-state index is 0.277. The Hall–Kier alpha value is -2.82. The van der Waals surface area contributed by atoms with E-state index < -0.39 is 6.09 Å². The van der Waals surface area contributed by atoms with Crippen LogP contribution in [0, 0.1) is 0 Å². The molecule has 3 rings (SSSR count). The molecule has 1 aliphatic rings. The number of hydrogen-bond donors (Lipinski definition) is 1. The molecule has 166 valence electrons. The molecule has 0 unspecified atom stereocenters. The van der Waals surface area contributed by atoms with Crippen molar-refractivity contribution in [3.8, 4) is 11.5 Å². The maximum atomic E-state index is 12.0. The van der Waals surface area contributed by atoms with Gasteiger partial charge in [-0.25, -0.2) is 4.79 Å². The second-order valence-electron chi connectivity index (χ2n) is 8.05. The van der Waals surface area contributed by atoms with Crippen molar-refractivity contribution in [2.75, 3.05) is 13.7 Å². The number of methoxy groups -OCH3 is 1. The molecule has 0 fully saturated rings. The minimum Gasteiger partial charge on any atom is -0.497 e. The van der Waals surface area contributed by atoms with Crippen molar-refractivity contribution in [3.05, 3.63) is 59.2 Å². The van der Waals surface area contributed by atoms with Gasteiger partial charge in [-0.3, -0.25) is 4.99 Å². The second-order valence-corrected chi connectivity index (χ2v) is 8.05. The van der Waals surface area contributed by atoms with Gasteiger partial charge < -0.3 is 14.8 Å². The topological polar surface area (TPSA) is 59.9 Å². The molecule has 1 aliphatic heterocycles. The lowest BCUT2D eigenvalue weighted by Gasteiger charge is -2.24. The van der Waals surface area contributed by atoms with Crippen molar-refractivity contribution in [1.29, 1.82) is 0 Å². The lowest BCUT2D eigenvalue weighted by atomic mass is 9.88. The highest BCUT2D eigenvalue weighted by Crippen LogP contribution is 2.29. The Morgan fingerprint density at radius 3 is 2.48 bits per heavy atom. The van der Waals surface area contributed by atoms with E-state index in [1.54, 1.807) is 7.11 Å². The first kappa shape index (κ1) is 22.9. The number of nitrogens with one attached hydrogen (secondary N) is 1. The molecule has 2 aromatic rings. The number of hydrogen-bond acceptors (Lipinski definition) is 4. The van der Waals surface area contributed by atoms with Crippen molar-refractivity contribution in [1.82, 2.24) is 5.32 Å². The molecule has 1 N–H and O–H groups in total. The third-order valence-corrected chi connectivity index (χ3v) is 5.61. The van der Waals surface area contributed by atoms with Gasteiger partial charge in [0, 0.05) is 17.7 Å². The Bertz CT molecular complexity index is 890. The van der Waals surface area contributed by atoms with Crippen LogP contribution in [0.2, 0.25) is 0 Å². The van der Waals surface area contributed by atoms with E-state index in [9.17, 15) is 4.79 Å². The fourth-order valence-electron chi connectivity index (χ4n) is 3.87. The smallest absolute Gasteiger partial charge is 0.412 e. The molecular weight excluding hydrogens is 388 g/mol. The molecule has 0 saturated carbocycles. The Kier molecular flexibility index (Phi) is 8.51. The maximum Gasteiger partial charge on any atom is 0.412 e. The van der Waals surface area contributed by atoms with Crippen molar-refractivity contribution in [3.63, 3.8) is 0 Å². The molecule has 0 saturated heterocycles. The van der Waals surface area contributed by atoms with Crippen LogP contribution in [-0.4, -0.2) is 31.5 Å². The first-order chi connectivity index (χ1) is 15.1. The SMILES string of the molecule is CCCCCNC(=O)Oc1ccc(C2=N[C@@H](CCCC)Cc3cc(OC)ccc32)cc1. The molecule has 0 aromatic heterocycles. The van der Waals surface area contributed by atoms with Crippen LogP contribution in [0.3, 0.4) is 0 Å². The Morgan fingerprint density at radius 2 is 1.77 bits per heavy atom. The number of benzene rings is 2. The third kappa shape index (κ3) is 6.33. The number of unbranched alkanes of at least 4 members (excludes halogenated alkanes) is 3. The summed E-state index contributed by atoms with van der Waals surface area (Å²) in [6.45, 7) is 4.99. The quantitative estimate of drug-likeness (QED) is 0.483. The van der Waals surface area contributed by atoms with Crippen LogP contribution in [-0.2, 0) is 6.42 Å². The molecule has 1 heterocycles. The van der Waals surface area contributed by atoms with Gasteiger partial charge in [0.25, 0.3) is 0 Å². The number of rotatable bonds is 10. The summed E-state index contributed by atoms with van der Waals surface area (Å²) in [4.78, 5) is 17.1. The first-order valence-corrected chi connectivity index (χ1v) is 11.5. The van der Waals surface area contributed by atoms with Gasteiger partial charge in [-0.2, -0.15) is 0 Å². The zero-order chi connectivity index (χ0) is 22.1. The molecule has 2 aromatic carbocycles. The van der Waals surface area contributed by atoms with Gasteiger partial charge in [-0.15, -0.1) is 0 Å². The van der Waals surface area contributed by atoms with E-state index in [1.165, 1.54) is 18.4 Å². The monoisotopic (exact) mass is 422 g/mol. The van der Waals surface area contributed by atoms with E-state index in [4.69, 9.17) is 14.5 Å². The summed E-state index contributed by atoms with van der Waals surface area (Å²) in [5.74, 6) is 1.41. The molecule has 5 nitrogen and oxygen atoms in total. The van der Waals surface area contributed by atoms with Crippen LogP contribution in [0.25, 0.3) is 0 Å². The number of ether oxygens (including phenoxy) is 2. The van der Waals surface area contributed by atoms with Gasteiger partial charge in [0.2, 0.25) is 0 Å². The van der Waals surface area contributed by atoms with Crippen molar-refractivity contribution in [2.45, 2.75) is 64.8 Å². The van der Waals surface area contributed by atoms with Gasteiger partial charge in [0.1, 0.15) is 11.5 Å². The minimum atomic E-state index is -0.407. The van der Waals surface area contributed by atoms with Gasteiger partial charge >= 0.3 is 6.09 Å². The highest BCUT2D eigenvalue weighted by Gasteiger charge is 2.22. The van der Waals surface area contributed by atoms with Crippen LogP contribution in [0.1, 0.15) is 69.1 Å². The van der Waals surface area contributed by atoms with Crippen LogP contribution >= 0.6 is 0 Å². The summed E-state index contributed by atoms with van der Waals surface area (Å²) in [6.07, 6.45) is 7.14. The average Bonchev–Trinajstić information content (AvgIpc) is 2.80. The lowest BCUT2D eigenvalue weighted by molar-refractivity contribution is 0.200. The summed E-state index contributed by atoms with van der Waals surface area (Å²) < 4.78 is 10.8. The summed E-state index contributed by atoms with van der Waals surface area (Å²) >= 11 is 0. The van der Waals surface area contributed by atoms with Crippen molar-refractivity contribution >= 4 is 11.8 Å². The molecule has 1 atom stereocenters. The average molecular weight is 423 g/mol. The van der Waals surface area contributed by atoms with Crippen LogP contribution in [0.5, 0.6) is 11.5 Å². The van der Waals surface area contributed by atoms with Crippen LogP contribution in [0.4, 0.5) is 4.79 Å². The van der Waals surface area contributed by atoms with E-state index in [-0.39, 0.29) is 6.04 Å². The highest BCUT2D eigenvalue weighted by molar-refractivity contribution is 6.14. The number of nitrogens with zero attached hydrogens (tertiary/aromatic N) is 1. The fraction of sp³-hybridized carbons (Fsp3) is 0.462. The molecule has 0 spiro atoms. The van der Waals surface area contributed by atoms with Gasteiger partial charge in [-0.1, -0.05) is 39.5 Å².